The molecule has 1 aromatic heterocycles. The molecule has 2 aromatic rings. The van der Waals surface area contributed by atoms with Crippen LogP contribution in [0.15, 0.2) is 35.1 Å². The van der Waals surface area contributed by atoms with E-state index in [1.807, 2.05) is 0 Å². The second-order valence-electron chi connectivity index (χ2n) is 3.49. The zero-order valence-electron chi connectivity index (χ0n) is 8.95. The van der Waals surface area contributed by atoms with Crippen LogP contribution in [-0.4, -0.2) is 15.7 Å². The third-order valence-corrected chi connectivity index (χ3v) is 2.79. The summed E-state index contributed by atoms with van der Waals surface area (Å²) in [5.41, 5.74) is 0.829. The van der Waals surface area contributed by atoms with Crippen LogP contribution in [0, 0.1) is 5.82 Å². The normalized spacial score (nSPS) is 10.3. The van der Waals surface area contributed by atoms with Crippen molar-refractivity contribution >= 4 is 27.5 Å². The maximum atomic E-state index is 13.2. The first-order valence-electron chi connectivity index (χ1n) is 4.81. The van der Waals surface area contributed by atoms with Gasteiger partial charge in [-0.15, -0.1) is 0 Å². The molecule has 0 bridgehead atoms. The van der Waals surface area contributed by atoms with Gasteiger partial charge in [-0.05, 0) is 34.1 Å². The Morgan fingerprint density at radius 3 is 2.88 bits per heavy atom. The Morgan fingerprint density at radius 2 is 2.29 bits per heavy atom. The average Bonchev–Trinajstić information content (AvgIpc) is 2.70. The Morgan fingerprint density at radius 1 is 1.53 bits per heavy atom. The van der Waals surface area contributed by atoms with Crippen molar-refractivity contribution < 1.29 is 9.18 Å². The molecule has 1 amide bonds. The molecule has 0 unspecified atom stereocenters. The molecular formula is C11H9BrFN3O. The van der Waals surface area contributed by atoms with Gasteiger partial charge in [0.15, 0.2) is 0 Å². The van der Waals surface area contributed by atoms with E-state index in [9.17, 15) is 9.18 Å². The Hall–Kier alpha value is -1.69. The van der Waals surface area contributed by atoms with Crippen molar-refractivity contribution in [1.82, 2.24) is 9.78 Å². The van der Waals surface area contributed by atoms with Crippen molar-refractivity contribution in [3.8, 4) is 0 Å². The second kappa shape index (κ2) is 4.67. The van der Waals surface area contributed by atoms with E-state index in [-0.39, 0.29) is 5.91 Å². The third kappa shape index (κ3) is 2.71. The lowest BCUT2D eigenvalue weighted by atomic mass is 10.3. The number of amides is 1. The molecule has 1 heterocycles. The van der Waals surface area contributed by atoms with Crippen molar-refractivity contribution in [1.29, 1.82) is 0 Å². The molecule has 1 N–H and O–H groups in total. The van der Waals surface area contributed by atoms with Gasteiger partial charge in [0.1, 0.15) is 5.82 Å². The smallest absolute Gasteiger partial charge is 0.258 e. The van der Waals surface area contributed by atoms with Crippen LogP contribution in [0.3, 0.4) is 0 Å². The van der Waals surface area contributed by atoms with E-state index in [1.165, 1.54) is 23.0 Å². The molecule has 0 atom stereocenters. The van der Waals surface area contributed by atoms with Gasteiger partial charge in [0.2, 0.25) is 0 Å². The van der Waals surface area contributed by atoms with Crippen LogP contribution in [0.5, 0.6) is 0 Å². The topological polar surface area (TPSA) is 46.9 Å². The van der Waals surface area contributed by atoms with Gasteiger partial charge >= 0.3 is 0 Å². The summed E-state index contributed by atoms with van der Waals surface area (Å²) in [4.78, 5) is 11.7. The van der Waals surface area contributed by atoms with Crippen molar-refractivity contribution in [2.24, 2.45) is 7.05 Å². The lowest BCUT2D eigenvalue weighted by molar-refractivity contribution is 0.102. The Labute approximate surface area is 106 Å². The van der Waals surface area contributed by atoms with Gasteiger partial charge in [-0.1, -0.05) is 0 Å². The quantitative estimate of drug-likeness (QED) is 0.926. The van der Waals surface area contributed by atoms with E-state index in [4.69, 9.17) is 0 Å². The van der Waals surface area contributed by atoms with Crippen LogP contribution in [0.4, 0.5) is 10.1 Å². The van der Waals surface area contributed by atoms with Gasteiger partial charge in [-0.25, -0.2) is 4.39 Å². The number of carbonyl (C=O) groups excluding carboxylic acids is 1. The molecule has 0 aliphatic carbocycles. The van der Waals surface area contributed by atoms with Crippen LogP contribution in [0.1, 0.15) is 10.4 Å². The van der Waals surface area contributed by atoms with Crippen molar-refractivity contribution in [3.63, 3.8) is 0 Å². The third-order valence-electron chi connectivity index (χ3n) is 2.14. The maximum absolute atomic E-state index is 13.2. The minimum Gasteiger partial charge on any atom is -0.322 e. The average molecular weight is 298 g/mol. The molecule has 0 spiro atoms. The first-order chi connectivity index (χ1) is 8.06. The van der Waals surface area contributed by atoms with Crippen molar-refractivity contribution in [3.05, 3.63) is 46.4 Å². The van der Waals surface area contributed by atoms with Gasteiger partial charge in [-0.3, -0.25) is 9.48 Å². The lowest BCUT2D eigenvalue weighted by Gasteiger charge is -2.04. The Balaban J connectivity index is 2.15. The maximum Gasteiger partial charge on any atom is 0.258 e. The van der Waals surface area contributed by atoms with Crippen LogP contribution in [0.25, 0.3) is 0 Å². The highest BCUT2D eigenvalue weighted by Gasteiger charge is 2.09. The fourth-order valence-electron chi connectivity index (χ4n) is 1.32. The highest BCUT2D eigenvalue weighted by Crippen LogP contribution is 2.19. The number of carbonyl (C=O) groups is 1. The summed E-state index contributed by atoms with van der Waals surface area (Å²) >= 11 is 3.04. The number of hydrogen-bond donors (Lipinski definition) is 1. The number of nitrogens with zero attached hydrogens (tertiary/aromatic N) is 2. The Kier molecular flexibility index (Phi) is 3.23. The predicted octanol–water partition coefficient (Wildman–Crippen LogP) is 2.57. The van der Waals surface area contributed by atoms with Crippen LogP contribution < -0.4 is 5.32 Å². The SMILES string of the molecule is Cn1cc(C(=O)Nc2ccc(Br)c(F)c2)cn1. The molecule has 0 radical (unpaired) electrons. The molecule has 0 saturated carbocycles. The zero-order valence-corrected chi connectivity index (χ0v) is 10.5. The summed E-state index contributed by atoms with van der Waals surface area (Å²) in [6, 6.07) is 4.40. The van der Waals surface area contributed by atoms with Gasteiger partial charge in [0.05, 0.1) is 16.2 Å². The molecule has 88 valence electrons. The van der Waals surface area contributed by atoms with Crippen LogP contribution in [0.2, 0.25) is 0 Å². The van der Waals surface area contributed by atoms with E-state index in [0.717, 1.165) is 0 Å². The zero-order chi connectivity index (χ0) is 12.4. The number of aryl methyl sites for hydroxylation is 1. The van der Waals surface area contributed by atoms with E-state index in [0.29, 0.717) is 15.7 Å². The highest BCUT2D eigenvalue weighted by molar-refractivity contribution is 9.10. The Bertz CT molecular complexity index is 568. The number of halogens is 2. The molecular weight excluding hydrogens is 289 g/mol. The molecule has 4 nitrogen and oxygen atoms in total. The molecule has 0 aliphatic rings. The molecule has 6 heteroatoms. The molecule has 1 aromatic carbocycles. The summed E-state index contributed by atoms with van der Waals surface area (Å²) in [5, 5.41) is 6.47. The highest BCUT2D eigenvalue weighted by atomic mass is 79.9. The van der Waals surface area contributed by atoms with E-state index >= 15 is 0 Å². The number of anilines is 1. The molecule has 17 heavy (non-hydrogen) atoms. The first kappa shape index (κ1) is 11.8. The summed E-state index contributed by atoms with van der Waals surface area (Å²) in [7, 11) is 1.72. The molecule has 2 rings (SSSR count). The van der Waals surface area contributed by atoms with E-state index in [2.05, 4.69) is 26.3 Å². The van der Waals surface area contributed by atoms with E-state index in [1.54, 1.807) is 19.3 Å². The predicted molar refractivity (Wildman–Crippen MR) is 65.3 cm³/mol. The monoisotopic (exact) mass is 297 g/mol. The second-order valence-corrected chi connectivity index (χ2v) is 4.34. The standard InChI is InChI=1S/C11H9BrFN3O/c1-16-6-7(5-14-16)11(17)15-8-2-3-9(12)10(13)4-8/h2-6H,1H3,(H,15,17). The molecule has 0 aliphatic heterocycles. The minimum atomic E-state index is -0.422. The van der Waals surface area contributed by atoms with Gasteiger partial charge in [-0.2, -0.15) is 5.10 Å². The number of aromatic nitrogens is 2. The van der Waals surface area contributed by atoms with Gasteiger partial charge in [0, 0.05) is 18.9 Å². The van der Waals surface area contributed by atoms with Crippen LogP contribution in [-0.2, 0) is 7.05 Å². The minimum absolute atomic E-state index is 0.320. The fraction of sp³-hybridized carbons (Fsp3) is 0.0909. The number of nitrogens with one attached hydrogen (secondary N) is 1. The summed E-state index contributed by atoms with van der Waals surface area (Å²) < 4.78 is 15.1. The lowest BCUT2D eigenvalue weighted by Crippen LogP contribution is -2.11. The number of benzene rings is 1. The fourth-order valence-corrected chi connectivity index (χ4v) is 1.56. The largest absolute Gasteiger partial charge is 0.322 e. The van der Waals surface area contributed by atoms with Crippen molar-refractivity contribution in [2.45, 2.75) is 0 Å². The van der Waals surface area contributed by atoms with E-state index < -0.39 is 5.82 Å². The summed E-state index contributed by atoms with van der Waals surface area (Å²) in [6.07, 6.45) is 3.04. The van der Waals surface area contributed by atoms with Crippen LogP contribution >= 0.6 is 15.9 Å². The number of rotatable bonds is 2. The summed E-state index contributed by atoms with van der Waals surface area (Å²) in [5.74, 6) is -0.742. The summed E-state index contributed by atoms with van der Waals surface area (Å²) in [6.45, 7) is 0. The van der Waals surface area contributed by atoms with Crippen molar-refractivity contribution in [2.75, 3.05) is 5.32 Å². The number of hydrogen-bond acceptors (Lipinski definition) is 2. The first-order valence-corrected chi connectivity index (χ1v) is 5.60. The molecule has 0 fully saturated rings. The molecule has 0 saturated heterocycles. The van der Waals surface area contributed by atoms with Gasteiger partial charge in [0.25, 0.3) is 5.91 Å². The van der Waals surface area contributed by atoms with Gasteiger partial charge < -0.3 is 5.32 Å².